The van der Waals surface area contributed by atoms with Crippen molar-refractivity contribution in [2.24, 2.45) is 0 Å². The Bertz CT molecular complexity index is 250. The first-order valence-corrected chi connectivity index (χ1v) is 3.87. The van der Waals surface area contributed by atoms with Crippen LogP contribution >= 0.6 is 0 Å². The van der Waals surface area contributed by atoms with E-state index in [-0.39, 0.29) is 0 Å². The van der Waals surface area contributed by atoms with Gasteiger partial charge in [-0.3, -0.25) is 0 Å². The molecule has 0 radical (unpaired) electrons. The van der Waals surface area contributed by atoms with Gasteiger partial charge in [-0.05, 0) is 26.0 Å². The third-order valence-electron chi connectivity index (χ3n) is 1.24. The SMILES string of the molecule is CC=CC.N#Cc1ccccc1. The zero-order chi connectivity index (χ0) is 9.23. The number of allylic oxidation sites excluding steroid dienone is 2. The fourth-order valence-electron chi connectivity index (χ4n) is 0.513. The van der Waals surface area contributed by atoms with Crippen molar-refractivity contribution < 1.29 is 0 Å². The van der Waals surface area contributed by atoms with Crippen molar-refractivity contribution >= 4 is 0 Å². The zero-order valence-corrected chi connectivity index (χ0v) is 7.49. The number of nitrogens with zero attached hydrogens (tertiary/aromatic N) is 1. The van der Waals surface area contributed by atoms with Crippen molar-refractivity contribution in [2.75, 3.05) is 0 Å². The Labute approximate surface area is 74.0 Å². The molecule has 1 aromatic rings. The number of benzene rings is 1. The van der Waals surface area contributed by atoms with Crippen molar-refractivity contribution in [3.05, 3.63) is 48.0 Å². The molecule has 0 saturated carbocycles. The predicted molar refractivity (Wildman–Crippen MR) is 51.6 cm³/mol. The second kappa shape index (κ2) is 7.56. The Hall–Kier alpha value is -1.55. The van der Waals surface area contributed by atoms with Gasteiger partial charge in [-0.25, -0.2) is 0 Å². The normalized spacial score (nSPS) is 8.42. The van der Waals surface area contributed by atoms with E-state index in [0.29, 0.717) is 5.56 Å². The van der Waals surface area contributed by atoms with Crippen LogP contribution in [0.1, 0.15) is 19.4 Å². The van der Waals surface area contributed by atoms with Crippen LogP contribution in [0, 0.1) is 11.3 Å². The minimum absolute atomic E-state index is 0.715. The molecule has 0 amide bonds. The quantitative estimate of drug-likeness (QED) is 0.533. The molecule has 1 heteroatoms. The Kier molecular flexibility index (Phi) is 6.58. The Morgan fingerprint density at radius 2 is 1.58 bits per heavy atom. The summed E-state index contributed by atoms with van der Waals surface area (Å²) in [5.41, 5.74) is 0.715. The molecule has 0 unspecified atom stereocenters. The van der Waals surface area contributed by atoms with E-state index < -0.39 is 0 Å². The van der Waals surface area contributed by atoms with E-state index in [0.717, 1.165) is 0 Å². The van der Waals surface area contributed by atoms with Crippen LogP contribution in [0.4, 0.5) is 0 Å². The summed E-state index contributed by atoms with van der Waals surface area (Å²) in [6.45, 7) is 4.00. The average Bonchev–Trinajstić information content (AvgIpc) is 2.19. The molecule has 12 heavy (non-hydrogen) atoms. The van der Waals surface area contributed by atoms with E-state index in [1.165, 1.54) is 0 Å². The first-order chi connectivity index (χ1) is 5.85. The lowest BCUT2D eigenvalue weighted by atomic mass is 10.2. The van der Waals surface area contributed by atoms with E-state index in [2.05, 4.69) is 0 Å². The van der Waals surface area contributed by atoms with Crippen LogP contribution in [0.5, 0.6) is 0 Å². The number of hydrogen-bond acceptors (Lipinski definition) is 1. The van der Waals surface area contributed by atoms with Gasteiger partial charge in [0.2, 0.25) is 0 Å². The highest BCUT2D eigenvalue weighted by Gasteiger charge is 1.79. The molecule has 0 atom stereocenters. The summed E-state index contributed by atoms with van der Waals surface area (Å²) in [5, 5.41) is 8.29. The van der Waals surface area contributed by atoms with Gasteiger partial charge in [-0.1, -0.05) is 30.4 Å². The molecule has 0 aliphatic heterocycles. The second-order valence-corrected chi connectivity index (χ2v) is 2.14. The minimum Gasteiger partial charge on any atom is -0.192 e. The number of nitriles is 1. The standard InChI is InChI=1S/C7H5N.C4H8/c8-6-7-4-2-1-3-5-7;1-3-4-2/h1-5H;3-4H,1-2H3. The molecule has 62 valence electrons. The van der Waals surface area contributed by atoms with Crippen molar-refractivity contribution in [1.82, 2.24) is 0 Å². The van der Waals surface area contributed by atoms with Crippen LogP contribution < -0.4 is 0 Å². The van der Waals surface area contributed by atoms with Crippen LogP contribution in [-0.4, -0.2) is 0 Å². The van der Waals surface area contributed by atoms with Gasteiger partial charge in [-0.2, -0.15) is 5.26 Å². The molecule has 0 aromatic heterocycles. The van der Waals surface area contributed by atoms with E-state index in [1.54, 1.807) is 12.1 Å². The lowest BCUT2D eigenvalue weighted by Crippen LogP contribution is -1.66. The molecule has 0 aliphatic carbocycles. The maximum absolute atomic E-state index is 8.29. The van der Waals surface area contributed by atoms with Gasteiger partial charge in [0, 0.05) is 0 Å². The van der Waals surface area contributed by atoms with E-state index in [4.69, 9.17) is 5.26 Å². The summed E-state index contributed by atoms with van der Waals surface area (Å²) in [6.07, 6.45) is 4.00. The number of rotatable bonds is 0. The van der Waals surface area contributed by atoms with Gasteiger partial charge in [0.1, 0.15) is 0 Å². The molecule has 0 spiro atoms. The summed E-state index contributed by atoms with van der Waals surface area (Å²) in [5.74, 6) is 0. The molecule has 0 heterocycles. The highest BCUT2D eigenvalue weighted by molar-refractivity contribution is 5.27. The zero-order valence-electron chi connectivity index (χ0n) is 7.49. The largest absolute Gasteiger partial charge is 0.192 e. The highest BCUT2D eigenvalue weighted by atomic mass is 14.2. The first kappa shape index (κ1) is 10.4. The summed E-state index contributed by atoms with van der Waals surface area (Å²) >= 11 is 0. The second-order valence-electron chi connectivity index (χ2n) is 2.14. The topological polar surface area (TPSA) is 23.8 Å². The molecule has 0 bridgehead atoms. The molecule has 0 fully saturated rings. The van der Waals surface area contributed by atoms with Crippen LogP contribution in [0.25, 0.3) is 0 Å². The van der Waals surface area contributed by atoms with Gasteiger partial charge in [0.15, 0.2) is 0 Å². The smallest absolute Gasteiger partial charge is 0.0991 e. The molecule has 0 saturated heterocycles. The lowest BCUT2D eigenvalue weighted by molar-refractivity contribution is 1.49. The Morgan fingerprint density at radius 1 is 1.08 bits per heavy atom. The van der Waals surface area contributed by atoms with Crippen LogP contribution in [0.3, 0.4) is 0 Å². The van der Waals surface area contributed by atoms with Crippen molar-refractivity contribution in [3.63, 3.8) is 0 Å². The maximum Gasteiger partial charge on any atom is 0.0991 e. The van der Waals surface area contributed by atoms with Gasteiger partial charge in [0.25, 0.3) is 0 Å². The molecular formula is C11H13N. The van der Waals surface area contributed by atoms with Crippen molar-refractivity contribution in [2.45, 2.75) is 13.8 Å². The third kappa shape index (κ3) is 5.25. The van der Waals surface area contributed by atoms with Crippen molar-refractivity contribution in [1.29, 1.82) is 5.26 Å². The van der Waals surface area contributed by atoms with Gasteiger partial charge in [-0.15, -0.1) is 0 Å². The summed E-state index contributed by atoms with van der Waals surface area (Å²) in [4.78, 5) is 0. The van der Waals surface area contributed by atoms with Crippen LogP contribution in [0.15, 0.2) is 42.5 Å². The monoisotopic (exact) mass is 159 g/mol. The van der Waals surface area contributed by atoms with E-state index in [9.17, 15) is 0 Å². The van der Waals surface area contributed by atoms with Crippen LogP contribution in [0.2, 0.25) is 0 Å². The van der Waals surface area contributed by atoms with Crippen molar-refractivity contribution in [3.8, 4) is 6.07 Å². The average molecular weight is 159 g/mol. The van der Waals surface area contributed by atoms with Crippen LogP contribution in [-0.2, 0) is 0 Å². The lowest BCUT2D eigenvalue weighted by Gasteiger charge is -1.80. The predicted octanol–water partition coefficient (Wildman–Crippen LogP) is 3.14. The highest BCUT2D eigenvalue weighted by Crippen LogP contribution is 1.93. The summed E-state index contributed by atoms with van der Waals surface area (Å²) < 4.78 is 0. The molecule has 1 nitrogen and oxygen atoms in total. The van der Waals surface area contributed by atoms with Gasteiger partial charge >= 0.3 is 0 Å². The first-order valence-electron chi connectivity index (χ1n) is 3.87. The number of hydrogen-bond donors (Lipinski definition) is 0. The molecule has 0 N–H and O–H groups in total. The Morgan fingerprint density at radius 3 is 1.83 bits per heavy atom. The molecule has 0 aliphatic rings. The van der Waals surface area contributed by atoms with Gasteiger partial charge in [0.05, 0.1) is 11.6 Å². The maximum atomic E-state index is 8.29. The van der Waals surface area contributed by atoms with E-state index in [1.807, 2.05) is 50.3 Å². The molecular weight excluding hydrogens is 146 g/mol. The van der Waals surface area contributed by atoms with E-state index >= 15 is 0 Å². The summed E-state index contributed by atoms with van der Waals surface area (Å²) in [7, 11) is 0. The fourth-order valence-corrected chi connectivity index (χ4v) is 0.513. The van der Waals surface area contributed by atoms with Gasteiger partial charge < -0.3 is 0 Å². The Balaban J connectivity index is 0.000000261. The third-order valence-corrected chi connectivity index (χ3v) is 1.24. The summed E-state index contributed by atoms with van der Waals surface area (Å²) in [6, 6.07) is 11.2. The molecule has 1 aromatic carbocycles. The molecule has 1 rings (SSSR count). The fraction of sp³-hybridized carbons (Fsp3) is 0.182. The minimum atomic E-state index is 0.715.